The fraction of sp³-hybridized carbons (Fsp3) is 0.571. The summed E-state index contributed by atoms with van der Waals surface area (Å²) in [7, 11) is 1.84. The molecular weight excluding hydrogens is 268 g/mol. The highest BCUT2D eigenvalue weighted by atomic mass is 16.2. The smallest absolute Gasteiger partial charge is 0.240 e. The van der Waals surface area contributed by atoms with Crippen LogP contribution in [0.2, 0.25) is 0 Å². The van der Waals surface area contributed by atoms with Gasteiger partial charge in [-0.15, -0.1) is 0 Å². The van der Waals surface area contributed by atoms with Gasteiger partial charge < -0.3 is 9.88 Å². The van der Waals surface area contributed by atoms with E-state index in [1.807, 2.05) is 18.5 Å². The molecule has 0 aliphatic rings. The Morgan fingerprint density at radius 3 is 2.67 bits per heavy atom. The Kier molecular flexibility index (Phi) is 4.72. The third-order valence-electron chi connectivity index (χ3n) is 3.34. The number of aromatic nitrogens is 5. The zero-order valence-electron chi connectivity index (χ0n) is 12.9. The lowest BCUT2D eigenvalue weighted by atomic mass is 10.0. The van der Waals surface area contributed by atoms with Crippen LogP contribution in [0.4, 0.5) is 0 Å². The minimum absolute atomic E-state index is 0.0512. The number of nitrogens with one attached hydrogen (secondary N) is 1. The molecule has 0 aliphatic heterocycles. The second-order valence-electron chi connectivity index (χ2n) is 5.59. The van der Waals surface area contributed by atoms with Crippen molar-refractivity contribution in [2.45, 2.75) is 39.8 Å². The molecule has 7 heteroatoms. The summed E-state index contributed by atoms with van der Waals surface area (Å²) in [6.45, 7) is 6.38. The highest BCUT2D eigenvalue weighted by molar-refractivity contribution is 5.76. The fourth-order valence-corrected chi connectivity index (χ4v) is 2.29. The summed E-state index contributed by atoms with van der Waals surface area (Å²) in [5.41, 5.74) is 0. The number of imidazole rings is 1. The zero-order valence-corrected chi connectivity index (χ0v) is 12.9. The Balaban J connectivity index is 2.06. The normalized spacial score (nSPS) is 12.6. The molecule has 0 unspecified atom stereocenters. The topological polar surface area (TPSA) is 77.6 Å². The van der Waals surface area contributed by atoms with Gasteiger partial charge in [-0.25, -0.2) is 9.97 Å². The third kappa shape index (κ3) is 3.90. The molecular formula is C14H22N6O. The number of rotatable bonds is 6. The van der Waals surface area contributed by atoms with Crippen molar-refractivity contribution in [1.82, 2.24) is 29.6 Å². The molecule has 114 valence electrons. The summed E-state index contributed by atoms with van der Waals surface area (Å²) < 4.78 is 3.52. The van der Waals surface area contributed by atoms with Crippen molar-refractivity contribution in [2.24, 2.45) is 13.0 Å². The molecule has 0 saturated heterocycles. The van der Waals surface area contributed by atoms with Crippen molar-refractivity contribution in [3.8, 4) is 0 Å². The van der Waals surface area contributed by atoms with Crippen LogP contribution in [0.15, 0.2) is 18.7 Å². The molecule has 0 bridgehead atoms. The van der Waals surface area contributed by atoms with Gasteiger partial charge in [-0.05, 0) is 19.3 Å². The van der Waals surface area contributed by atoms with Crippen molar-refractivity contribution in [3.63, 3.8) is 0 Å². The van der Waals surface area contributed by atoms with E-state index in [0.717, 1.165) is 18.1 Å². The molecule has 21 heavy (non-hydrogen) atoms. The number of carbonyl (C=O) groups excluding carboxylic acids is 1. The summed E-state index contributed by atoms with van der Waals surface area (Å²) in [6.07, 6.45) is 5.82. The lowest BCUT2D eigenvalue weighted by Gasteiger charge is -2.20. The lowest BCUT2D eigenvalue weighted by molar-refractivity contribution is -0.122. The highest BCUT2D eigenvalue weighted by Gasteiger charge is 2.20. The largest absolute Gasteiger partial charge is 0.345 e. The van der Waals surface area contributed by atoms with Gasteiger partial charge in [0.1, 0.15) is 24.5 Å². The van der Waals surface area contributed by atoms with E-state index < -0.39 is 0 Å². The third-order valence-corrected chi connectivity index (χ3v) is 3.34. The molecule has 0 saturated carbocycles. The first-order chi connectivity index (χ1) is 9.97. The number of aryl methyl sites for hydroxylation is 2. The molecule has 1 amide bonds. The van der Waals surface area contributed by atoms with Crippen LogP contribution in [0.5, 0.6) is 0 Å². The molecule has 0 radical (unpaired) electrons. The average molecular weight is 290 g/mol. The molecule has 0 aromatic carbocycles. The molecule has 7 nitrogen and oxygen atoms in total. The van der Waals surface area contributed by atoms with E-state index in [2.05, 4.69) is 34.2 Å². The fourth-order valence-electron chi connectivity index (χ4n) is 2.29. The molecule has 0 aliphatic carbocycles. The zero-order chi connectivity index (χ0) is 15.4. The maximum Gasteiger partial charge on any atom is 0.240 e. The van der Waals surface area contributed by atoms with Crippen molar-refractivity contribution < 1.29 is 4.79 Å². The second-order valence-corrected chi connectivity index (χ2v) is 5.59. The summed E-state index contributed by atoms with van der Waals surface area (Å²) in [5.74, 6) is 2.00. The maximum atomic E-state index is 12.2. The van der Waals surface area contributed by atoms with Gasteiger partial charge in [0.2, 0.25) is 5.91 Å². The molecule has 2 rings (SSSR count). The van der Waals surface area contributed by atoms with Crippen LogP contribution in [0.3, 0.4) is 0 Å². The van der Waals surface area contributed by atoms with Crippen LogP contribution in [0, 0.1) is 12.8 Å². The minimum atomic E-state index is -0.131. The van der Waals surface area contributed by atoms with Crippen LogP contribution in [-0.4, -0.2) is 30.2 Å². The van der Waals surface area contributed by atoms with Gasteiger partial charge in [-0.2, -0.15) is 5.10 Å². The van der Waals surface area contributed by atoms with Crippen molar-refractivity contribution in [3.05, 3.63) is 30.4 Å². The first kappa shape index (κ1) is 15.2. The predicted octanol–water partition coefficient (Wildman–Crippen LogP) is 1.22. The average Bonchev–Trinajstić information content (AvgIpc) is 2.98. The van der Waals surface area contributed by atoms with Gasteiger partial charge in [0.05, 0.1) is 6.04 Å². The SMILES string of the molecule is Cc1nccn1CC(=O)N[C@@H](CC(C)C)c1ncnn1C. The Hall–Kier alpha value is -2.18. The van der Waals surface area contributed by atoms with E-state index in [9.17, 15) is 4.79 Å². The molecule has 0 spiro atoms. The molecule has 2 aromatic heterocycles. The summed E-state index contributed by atoms with van der Waals surface area (Å²) >= 11 is 0. The predicted molar refractivity (Wildman–Crippen MR) is 78.3 cm³/mol. The Labute approximate surface area is 124 Å². The minimum Gasteiger partial charge on any atom is -0.345 e. The Morgan fingerprint density at radius 1 is 1.38 bits per heavy atom. The molecule has 1 N–H and O–H groups in total. The standard InChI is InChI=1S/C14H22N6O/c1-10(2)7-12(14-16-9-17-19(14)4)18-13(21)8-20-6-5-15-11(20)3/h5-6,9-10,12H,7-8H2,1-4H3,(H,18,21)/t12-/m0/s1. The summed E-state index contributed by atoms with van der Waals surface area (Å²) in [6, 6.07) is -0.131. The van der Waals surface area contributed by atoms with E-state index in [1.165, 1.54) is 6.33 Å². The Bertz CT molecular complexity index is 600. The lowest BCUT2D eigenvalue weighted by Crippen LogP contribution is -2.34. The number of nitrogens with zero attached hydrogens (tertiary/aromatic N) is 5. The van der Waals surface area contributed by atoms with E-state index in [1.54, 1.807) is 17.1 Å². The molecule has 0 fully saturated rings. The second kappa shape index (κ2) is 6.51. The maximum absolute atomic E-state index is 12.2. The van der Waals surface area contributed by atoms with Crippen LogP contribution < -0.4 is 5.32 Å². The Morgan fingerprint density at radius 2 is 2.14 bits per heavy atom. The first-order valence-corrected chi connectivity index (χ1v) is 7.08. The van der Waals surface area contributed by atoms with Crippen LogP contribution in [0.25, 0.3) is 0 Å². The first-order valence-electron chi connectivity index (χ1n) is 7.08. The number of amides is 1. The molecule has 2 heterocycles. The quantitative estimate of drug-likeness (QED) is 0.868. The monoisotopic (exact) mass is 290 g/mol. The van der Waals surface area contributed by atoms with Crippen LogP contribution in [0.1, 0.15) is 38.0 Å². The number of carbonyl (C=O) groups is 1. The van der Waals surface area contributed by atoms with Gasteiger partial charge >= 0.3 is 0 Å². The van der Waals surface area contributed by atoms with Gasteiger partial charge in [0, 0.05) is 19.4 Å². The number of hydrogen-bond acceptors (Lipinski definition) is 4. The van der Waals surface area contributed by atoms with Crippen molar-refractivity contribution in [1.29, 1.82) is 0 Å². The van der Waals surface area contributed by atoms with Gasteiger partial charge in [0.25, 0.3) is 0 Å². The van der Waals surface area contributed by atoms with Gasteiger partial charge in [-0.3, -0.25) is 9.48 Å². The van der Waals surface area contributed by atoms with E-state index in [4.69, 9.17) is 0 Å². The van der Waals surface area contributed by atoms with Crippen LogP contribution in [-0.2, 0) is 18.4 Å². The molecule has 1 atom stereocenters. The number of hydrogen-bond donors (Lipinski definition) is 1. The highest BCUT2D eigenvalue weighted by Crippen LogP contribution is 2.18. The van der Waals surface area contributed by atoms with Crippen LogP contribution >= 0.6 is 0 Å². The summed E-state index contributed by atoms with van der Waals surface area (Å²) in [5, 5.41) is 7.13. The van der Waals surface area contributed by atoms with E-state index in [-0.39, 0.29) is 18.5 Å². The van der Waals surface area contributed by atoms with Gasteiger partial charge in [-0.1, -0.05) is 13.8 Å². The van der Waals surface area contributed by atoms with E-state index >= 15 is 0 Å². The van der Waals surface area contributed by atoms with Crippen molar-refractivity contribution >= 4 is 5.91 Å². The van der Waals surface area contributed by atoms with Gasteiger partial charge in [0.15, 0.2) is 0 Å². The van der Waals surface area contributed by atoms with Crippen molar-refractivity contribution in [2.75, 3.05) is 0 Å². The molecule has 2 aromatic rings. The van der Waals surface area contributed by atoms with E-state index in [0.29, 0.717) is 5.92 Å². The summed E-state index contributed by atoms with van der Waals surface area (Å²) in [4.78, 5) is 20.6.